The summed E-state index contributed by atoms with van der Waals surface area (Å²) in [6.45, 7) is 3.90. The van der Waals surface area contributed by atoms with E-state index in [1.54, 1.807) is 12.1 Å². The maximum atomic E-state index is 13.7. The van der Waals surface area contributed by atoms with Crippen molar-refractivity contribution >= 4 is 33.9 Å². The molecule has 3 aliphatic heterocycles. The summed E-state index contributed by atoms with van der Waals surface area (Å²) in [5.41, 5.74) is 3.96. The van der Waals surface area contributed by atoms with Crippen LogP contribution in [0.1, 0.15) is 17.7 Å². The number of piperazine rings is 1. The molecule has 4 heterocycles. The average molecular weight is 450 g/mol. The molecule has 2 saturated heterocycles. The van der Waals surface area contributed by atoms with Gasteiger partial charge < -0.3 is 15.1 Å². The summed E-state index contributed by atoms with van der Waals surface area (Å²) in [5, 5.41) is 3.20. The van der Waals surface area contributed by atoms with Crippen molar-refractivity contribution in [2.75, 3.05) is 34.0 Å². The van der Waals surface area contributed by atoms with Crippen LogP contribution < -0.4 is 15.1 Å². The Morgan fingerprint density at radius 1 is 1.06 bits per heavy atom. The summed E-state index contributed by atoms with van der Waals surface area (Å²) in [4.78, 5) is 15.0. The number of fused-ring (bicyclic) bond motifs is 3. The van der Waals surface area contributed by atoms with E-state index in [9.17, 15) is 8.60 Å². The van der Waals surface area contributed by atoms with E-state index in [-0.39, 0.29) is 5.82 Å². The minimum Gasteiger partial charge on any atom is -0.365 e. The van der Waals surface area contributed by atoms with Crippen LogP contribution in [-0.4, -0.2) is 45.1 Å². The molecule has 0 spiro atoms. The zero-order valence-corrected chi connectivity index (χ0v) is 18.6. The molecule has 3 aromatic rings. The largest absolute Gasteiger partial charge is 0.365 e. The van der Waals surface area contributed by atoms with Gasteiger partial charge in [0, 0.05) is 42.7 Å². The number of aromatic nitrogens is 2. The topological polar surface area (TPSA) is 61.4 Å². The second kappa shape index (κ2) is 7.55. The molecule has 2 bridgehead atoms. The molecule has 8 heteroatoms. The van der Waals surface area contributed by atoms with Crippen LogP contribution in [0.5, 0.6) is 0 Å². The molecular formula is C24H24FN5OS. The molecule has 6 rings (SSSR count). The quantitative estimate of drug-likeness (QED) is 0.654. The first-order valence-electron chi connectivity index (χ1n) is 11.0. The van der Waals surface area contributed by atoms with E-state index in [1.165, 1.54) is 23.4 Å². The molecule has 32 heavy (non-hydrogen) atoms. The highest BCUT2D eigenvalue weighted by Gasteiger charge is 2.45. The minimum absolute atomic E-state index is 0.324. The maximum Gasteiger partial charge on any atom is 0.228 e. The van der Waals surface area contributed by atoms with Crippen LogP contribution in [0.3, 0.4) is 0 Å². The second-order valence-corrected chi connectivity index (χ2v) is 10.3. The Bertz CT molecular complexity index is 1220. The fraction of sp³-hybridized carbons (Fsp3) is 0.333. The Hall–Kier alpha value is -3.00. The fourth-order valence-electron chi connectivity index (χ4n) is 5.06. The van der Waals surface area contributed by atoms with Crippen molar-refractivity contribution in [1.82, 2.24) is 9.97 Å². The number of aryl methyl sites for hydroxylation is 2. The summed E-state index contributed by atoms with van der Waals surface area (Å²) >= 11 is 0. The van der Waals surface area contributed by atoms with Gasteiger partial charge in [0.05, 0.1) is 22.5 Å². The first-order valence-corrected chi connectivity index (χ1v) is 12.3. The van der Waals surface area contributed by atoms with Gasteiger partial charge in [0.25, 0.3) is 0 Å². The lowest BCUT2D eigenvalue weighted by molar-refractivity contribution is 0.628. The lowest BCUT2D eigenvalue weighted by Crippen LogP contribution is -2.47. The molecule has 0 saturated carbocycles. The third-order valence-electron chi connectivity index (χ3n) is 6.63. The summed E-state index contributed by atoms with van der Waals surface area (Å²) in [6, 6.07) is 15.7. The van der Waals surface area contributed by atoms with Crippen LogP contribution in [-0.2, 0) is 17.2 Å². The molecule has 1 N–H and O–H groups in total. The number of nitrogens with one attached hydrogen (secondary N) is 1. The summed E-state index contributed by atoms with van der Waals surface area (Å²) in [7, 11) is -1.14. The molecule has 3 unspecified atom stereocenters. The molecule has 164 valence electrons. The number of nitrogens with zero attached hydrogens (tertiary/aromatic N) is 4. The van der Waals surface area contributed by atoms with E-state index in [0.717, 1.165) is 25.2 Å². The Morgan fingerprint density at radius 3 is 2.59 bits per heavy atom. The highest BCUT2D eigenvalue weighted by atomic mass is 32.2. The highest BCUT2D eigenvalue weighted by Crippen LogP contribution is 2.38. The van der Waals surface area contributed by atoms with Crippen LogP contribution in [0.2, 0.25) is 0 Å². The van der Waals surface area contributed by atoms with E-state index < -0.39 is 10.8 Å². The molecule has 1 aromatic heterocycles. The van der Waals surface area contributed by atoms with Crippen LogP contribution in [0, 0.1) is 12.7 Å². The third kappa shape index (κ3) is 3.33. The van der Waals surface area contributed by atoms with E-state index >= 15 is 0 Å². The first kappa shape index (κ1) is 19.7. The van der Waals surface area contributed by atoms with Crippen LogP contribution >= 0.6 is 0 Å². The predicted octanol–water partition coefficient (Wildman–Crippen LogP) is 3.80. The first-order chi connectivity index (χ1) is 15.5. The van der Waals surface area contributed by atoms with Crippen molar-refractivity contribution in [3.63, 3.8) is 0 Å². The number of hydrogen-bond acceptors (Lipinski definition) is 6. The van der Waals surface area contributed by atoms with Crippen LogP contribution in [0.4, 0.5) is 27.5 Å². The van der Waals surface area contributed by atoms with Crippen LogP contribution in [0.15, 0.2) is 53.4 Å². The average Bonchev–Trinajstić information content (AvgIpc) is 3.49. The molecule has 3 aliphatic rings. The van der Waals surface area contributed by atoms with Crippen molar-refractivity contribution < 1.29 is 8.60 Å². The smallest absolute Gasteiger partial charge is 0.228 e. The van der Waals surface area contributed by atoms with Gasteiger partial charge in [-0.1, -0.05) is 23.8 Å². The van der Waals surface area contributed by atoms with Crippen molar-refractivity contribution in [3.05, 3.63) is 65.6 Å². The third-order valence-corrected chi connectivity index (χ3v) is 8.09. The van der Waals surface area contributed by atoms with Gasteiger partial charge in [-0.3, -0.25) is 4.21 Å². The molecule has 3 atom stereocenters. The molecule has 0 aliphatic carbocycles. The Kier molecular flexibility index (Phi) is 4.64. The Balaban J connectivity index is 1.30. The van der Waals surface area contributed by atoms with Crippen molar-refractivity contribution in [2.24, 2.45) is 0 Å². The lowest BCUT2D eigenvalue weighted by atomic mass is 10.2. The van der Waals surface area contributed by atoms with Gasteiger partial charge in [-0.2, -0.15) is 4.98 Å². The van der Waals surface area contributed by atoms with E-state index in [2.05, 4.69) is 46.3 Å². The van der Waals surface area contributed by atoms with Crippen molar-refractivity contribution in [1.29, 1.82) is 0 Å². The summed E-state index contributed by atoms with van der Waals surface area (Å²) in [6.07, 6.45) is 1.75. The molecule has 6 nitrogen and oxygen atoms in total. The van der Waals surface area contributed by atoms with E-state index in [0.29, 0.717) is 46.6 Å². The highest BCUT2D eigenvalue weighted by molar-refractivity contribution is 7.85. The molecule has 2 aromatic carbocycles. The Labute approximate surface area is 188 Å². The summed E-state index contributed by atoms with van der Waals surface area (Å²) in [5.74, 6) is 1.44. The Morgan fingerprint density at radius 2 is 1.84 bits per heavy atom. The SMILES string of the molecule is Cc1ccc(N2CC3CC2CN3c2nc3c(c(Nc4cccc(F)c4)n2)S(=O)CC3)cc1. The second-order valence-electron chi connectivity index (χ2n) is 8.77. The maximum absolute atomic E-state index is 13.7. The number of anilines is 4. The fourth-order valence-corrected chi connectivity index (χ4v) is 6.37. The number of halogens is 1. The molecular weight excluding hydrogens is 425 g/mol. The normalized spacial score (nSPS) is 23.6. The van der Waals surface area contributed by atoms with Gasteiger partial charge in [-0.15, -0.1) is 0 Å². The minimum atomic E-state index is -1.14. The van der Waals surface area contributed by atoms with Gasteiger partial charge in [0.15, 0.2) is 5.82 Å². The van der Waals surface area contributed by atoms with E-state index in [4.69, 9.17) is 9.97 Å². The number of hydrogen-bond donors (Lipinski definition) is 1. The van der Waals surface area contributed by atoms with Gasteiger partial charge in [-0.25, -0.2) is 9.37 Å². The lowest BCUT2D eigenvalue weighted by Gasteiger charge is -2.36. The predicted molar refractivity (Wildman–Crippen MR) is 125 cm³/mol. The number of rotatable bonds is 4. The summed E-state index contributed by atoms with van der Waals surface area (Å²) < 4.78 is 26.3. The van der Waals surface area contributed by atoms with Gasteiger partial charge in [-0.05, 0) is 43.7 Å². The molecule has 0 amide bonds. The van der Waals surface area contributed by atoms with Gasteiger partial charge in [0.1, 0.15) is 10.7 Å². The monoisotopic (exact) mass is 449 g/mol. The van der Waals surface area contributed by atoms with Crippen LogP contribution in [0.25, 0.3) is 0 Å². The van der Waals surface area contributed by atoms with Gasteiger partial charge >= 0.3 is 0 Å². The van der Waals surface area contributed by atoms with Crippen molar-refractivity contribution in [3.8, 4) is 0 Å². The van der Waals surface area contributed by atoms with E-state index in [1.807, 2.05) is 0 Å². The van der Waals surface area contributed by atoms with Crippen molar-refractivity contribution in [2.45, 2.75) is 36.7 Å². The molecule has 0 radical (unpaired) electrons. The van der Waals surface area contributed by atoms with Gasteiger partial charge in [0.2, 0.25) is 5.95 Å². The zero-order valence-electron chi connectivity index (χ0n) is 17.8. The standard InChI is InChI=1S/C24H24FN5OS/c1-15-5-7-18(8-6-15)29-13-20-12-19(29)14-30(20)24-27-21-9-10-32(31)22(21)23(28-24)26-17-4-2-3-16(25)11-17/h2-8,11,19-20H,9-10,12-14H2,1H3,(H,26,27,28). The number of benzene rings is 2. The molecule has 2 fully saturated rings. The zero-order chi connectivity index (χ0) is 21.8.